The number of carbonyl (C=O) groups is 1. The molecule has 1 aromatic carbocycles. The molecule has 0 spiro atoms. The molecule has 1 saturated heterocycles. The van der Waals surface area contributed by atoms with Crippen molar-refractivity contribution in [3.05, 3.63) is 29.1 Å². The highest BCUT2D eigenvalue weighted by molar-refractivity contribution is 5.73. The molecular weight excluding hydrogens is 259 g/mol. The molecule has 1 aliphatic rings. The average Bonchev–Trinajstić information content (AvgIpc) is 2.79. The topological polar surface area (TPSA) is 52.6 Å². The lowest BCUT2D eigenvalue weighted by Gasteiger charge is -2.24. The third-order valence-corrected chi connectivity index (χ3v) is 3.69. The molecular formula is C15H21FN2O2. The number of anilines is 1. The summed E-state index contributed by atoms with van der Waals surface area (Å²) >= 11 is 0. The summed E-state index contributed by atoms with van der Waals surface area (Å²) < 4.78 is 13.7. The fourth-order valence-corrected chi connectivity index (χ4v) is 2.67. The molecule has 5 heteroatoms. The SMILES string of the molecule is CC(=O)NC1CCN(c2cc(C)c(F)cc2[C@H](C)O)C1. The molecule has 1 aromatic rings. The first-order chi connectivity index (χ1) is 9.38. The van der Waals surface area contributed by atoms with Gasteiger partial charge in [0, 0.05) is 37.3 Å². The standard InChI is InChI=1S/C15H21FN2O2/c1-9-6-15(13(10(2)19)7-14(9)16)18-5-4-12(8-18)17-11(3)20/h6-7,10,12,19H,4-5,8H2,1-3H3,(H,17,20)/t10-,12?/m0/s1. The summed E-state index contributed by atoms with van der Waals surface area (Å²) in [6.07, 6.45) is 0.134. The Balaban J connectivity index is 2.25. The van der Waals surface area contributed by atoms with Crippen LogP contribution in [0, 0.1) is 12.7 Å². The summed E-state index contributed by atoms with van der Waals surface area (Å²) in [5.41, 5.74) is 2.01. The third kappa shape index (κ3) is 3.10. The fraction of sp³-hybridized carbons (Fsp3) is 0.533. The smallest absolute Gasteiger partial charge is 0.217 e. The van der Waals surface area contributed by atoms with E-state index in [1.807, 2.05) is 0 Å². The van der Waals surface area contributed by atoms with E-state index in [4.69, 9.17) is 0 Å². The Kier molecular flexibility index (Phi) is 4.28. The van der Waals surface area contributed by atoms with Gasteiger partial charge < -0.3 is 15.3 Å². The number of aliphatic hydroxyl groups is 1. The van der Waals surface area contributed by atoms with Gasteiger partial charge in [0.25, 0.3) is 0 Å². The molecule has 0 aliphatic carbocycles. The highest BCUT2D eigenvalue weighted by Gasteiger charge is 2.26. The number of amides is 1. The van der Waals surface area contributed by atoms with Crippen LogP contribution in [-0.4, -0.2) is 30.1 Å². The number of aliphatic hydroxyl groups excluding tert-OH is 1. The lowest BCUT2D eigenvalue weighted by molar-refractivity contribution is -0.119. The van der Waals surface area contributed by atoms with Gasteiger partial charge in [0.15, 0.2) is 0 Å². The number of hydrogen-bond acceptors (Lipinski definition) is 3. The van der Waals surface area contributed by atoms with Gasteiger partial charge >= 0.3 is 0 Å². The molecule has 2 atom stereocenters. The molecule has 0 radical (unpaired) electrons. The van der Waals surface area contributed by atoms with Crippen LogP contribution in [0.25, 0.3) is 0 Å². The van der Waals surface area contributed by atoms with Gasteiger partial charge in [-0.05, 0) is 38.0 Å². The minimum atomic E-state index is -0.722. The van der Waals surface area contributed by atoms with Gasteiger partial charge in [-0.25, -0.2) is 4.39 Å². The van der Waals surface area contributed by atoms with Gasteiger partial charge in [-0.3, -0.25) is 4.79 Å². The number of halogens is 1. The van der Waals surface area contributed by atoms with Crippen LogP contribution >= 0.6 is 0 Å². The Morgan fingerprint density at radius 3 is 2.85 bits per heavy atom. The zero-order valence-corrected chi connectivity index (χ0v) is 12.1. The molecule has 20 heavy (non-hydrogen) atoms. The number of benzene rings is 1. The molecule has 2 rings (SSSR count). The third-order valence-electron chi connectivity index (χ3n) is 3.69. The quantitative estimate of drug-likeness (QED) is 0.889. The first-order valence-corrected chi connectivity index (χ1v) is 6.88. The summed E-state index contributed by atoms with van der Waals surface area (Å²) in [6, 6.07) is 3.29. The van der Waals surface area contributed by atoms with E-state index in [0.717, 1.165) is 18.7 Å². The zero-order valence-electron chi connectivity index (χ0n) is 12.1. The van der Waals surface area contributed by atoms with E-state index in [1.165, 1.54) is 13.0 Å². The molecule has 1 heterocycles. The van der Waals surface area contributed by atoms with Crippen molar-refractivity contribution in [3.8, 4) is 0 Å². The first kappa shape index (κ1) is 14.8. The maximum atomic E-state index is 13.7. The van der Waals surface area contributed by atoms with Gasteiger partial charge in [-0.15, -0.1) is 0 Å². The predicted octanol–water partition coefficient (Wildman–Crippen LogP) is 1.90. The van der Waals surface area contributed by atoms with Crippen molar-refractivity contribution < 1.29 is 14.3 Å². The van der Waals surface area contributed by atoms with Crippen LogP contribution in [0.4, 0.5) is 10.1 Å². The number of aryl methyl sites for hydroxylation is 1. The highest BCUT2D eigenvalue weighted by atomic mass is 19.1. The van der Waals surface area contributed by atoms with Crippen molar-refractivity contribution in [1.82, 2.24) is 5.32 Å². The number of rotatable bonds is 3. The van der Waals surface area contributed by atoms with Crippen LogP contribution < -0.4 is 10.2 Å². The predicted molar refractivity (Wildman–Crippen MR) is 76.2 cm³/mol. The average molecular weight is 280 g/mol. The van der Waals surface area contributed by atoms with E-state index in [1.54, 1.807) is 19.9 Å². The summed E-state index contributed by atoms with van der Waals surface area (Å²) in [5.74, 6) is -0.342. The van der Waals surface area contributed by atoms with Gasteiger partial charge in [0.1, 0.15) is 5.82 Å². The molecule has 0 aromatic heterocycles. The summed E-state index contributed by atoms with van der Waals surface area (Å²) in [4.78, 5) is 13.2. The van der Waals surface area contributed by atoms with Crippen molar-refractivity contribution in [2.24, 2.45) is 0 Å². The van der Waals surface area contributed by atoms with Crippen molar-refractivity contribution in [2.75, 3.05) is 18.0 Å². The maximum Gasteiger partial charge on any atom is 0.217 e. The summed E-state index contributed by atoms with van der Waals surface area (Å²) in [6.45, 7) is 6.33. The van der Waals surface area contributed by atoms with Gasteiger partial charge in [-0.2, -0.15) is 0 Å². The Morgan fingerprint density at radius 1 is 1.55 bits per heavy atom. The second kappa shape index (κ2) is 5.79. The van der Waals surface area contributed by atoms with E-state index >= 15 is 0 Å². The highest BCUT2D eigenvalue weighted by Crippen LogP contribution is 2.31. The van der Waals surface area contributed by atoms with E-state index in [-0.39, 0.29) is 17.8 Å². The largest absolute Gasteiger partial charge is 0.389 e. The van der Waals surface area contributed by atoms with Crippen molar-refractivity contribution in [2.45, 2.75) is 39.3 Å². The fourth-order valence-electron chi connectivity index (χ4n) is 2.67. The second-order valence-electron chi connectivity index (χ2n) is 5.47. The maximum absolute atomic E-state index is 13.7. The molecule has 110 valence electrons. The Morgan fingerprint density at radius 2 is 2.25 bits per heavy atom. The molecule has 1 amide bonds. The minimum absolute atomic E-state index is 0.0390. The number of carbonyl (C=O) groups excluding carboxylic acids is 1. The number of hydrogen-bond donors (Lipinski definition) is 2. The first-order valence-electron chi connectivity index (χ1n) is 6.88. The normalized spacial score (nSPS) is 20.1. The van der Waals surface area contributed by atoms with Crippen LogP contribution in [0.5, 0.6) is 0 Å². The van der Waals surface area contributed by atoms with Crippen LogP contribution in [0.1, 0.15) is 37.5 Å². The lowest BCUT2D eigenvalue weighted by Crippen LogP contribution is -2.35. The van der Waals surface area contributed by atoms with Crippen molar-refractivity contribution in [3.63, 3.8) is 0 Å². The van der Waals surface area contributed by atoms with Crippen molar-refractivity contribution >= 4 is 11.6 Å². The Hall–Kier alpha value is -1.62. The van der Waals surface area contributed by atoms with Gasteiger partial charge in [0.2, 0.25) is 5.91 Å². The van der Waals surface area contributed by atoms with Crippen LogP contribution in [-0.2, 0) is 4.79 Å². The zero-order chi connectivity index (χ0) is 14.9. The van der Waals surface area contributed by atoms with E-state index in [2.05, 4.69) is 10.2 Å². The molecule has 1 fully saturated rings. The van der Waals surface area contributed by atoms with Crippen LogP contribution in [0.3, 0.4) is 0 Å². The Labute approximate surface area is 118 Å². The van der Waals surface area contributed by atoms with E-state index in [0.29, 0.717) is 17.7 Å². The second-order valence-corrected chi connectivity index (χ2v) is 5.47. The van der Waals surface area contributed by atoms with Crippen LogP contribution in [0.15, 0.2) is 12.1 Å². The Bertz CT molecular complexity index is 517. The van der Waals surface area contributed by atoms with E-state index < -0.39 is 6.10 Å². The number of nitrogens with zero attached hydrogens (tertiary/aromatic N) is 1. The number of nitrogens with one attached hydrogen (secondary N) is 1. The summed E-state index contributed by atoms with van der Waals surface area (Å²) in [5, 5.41) is 12.7. The lowest BCUT2D eigenvalue weighted by atomic mass is 10.0. The van der Waals surface area contributed by atoms with Gasteiger partial charge in [-0.1, -0.05) is 0 Å². The molecule has 0 bridgehead atoms. The summed E-state index contributed by atoms with van der Waals surface area (Å²) in [7, 11) is 0. The van der Waals surface area contributed by atoms with Crippen molar-refractivity contribution in [1.29, 1.82) is 0 Å². The molecule has 4 nitrogen and oxygen atoms in total. The molecule has 0 saturated carbocycles. The molecule has 1 aliphatic heterocycles. The van der Waals surface area contributed by atoms with Crippen LogP contribution in [0.2, 0.25) is 0 Å². The van der Waals surface area contributed by atoms with E-state index in [9.17, 15) is 14.3 Å². The minimum Gasteiger partial charge on any atom is -0.389 e. The van der Waals surface area contributed by atoms with Gasteiger partial charge in [0.05, 0.1) is 6.10 Å². The molecule has 2 N–H and O–H groups in total. The molecule has 1 unspecified atom stereocenters. The monoisotopic (exact) mass is 280 g/mol.